The Morgan fingerprint density at radius 2 is 1.96 bits per heavy atom. The van der Waals surface area contributed by atoms with Gasteiger partial charge < -0.3 is 19.7 Å². The second-order valence-electron chi connectivity index (χ2n) is 5.77. The van der Waals surface area contributed by atoms with Crippen molar-refractivity contribution in [3.05, 3.63) is 59.9 Å². The monoisotopic (exact) mass is 346 g/mol. The molecule has 2 aromatic carbocycles. The molecule has 6 heteroatoms. The lowest BCUT2D eigenvalue weighted by atomic mass is 10.0. The van der Waals surface area contributed by atoms with Gasteiger partial charge in [0.15, 0.2) is 6.61 Å². The lowest BCUT2D eigenvalue weighted by molar-refractivity contribution is -0.123. The molecular formula is C19H23FN2O3. The molecule has 0 bridgehead atoms. The molecule has 1 amide bonds. The summed E-state index contributed by atoms with van der Waals surface area (Å²) >= 11 is 0. The molecule has 2 aromatic rings. The van der Waals surface area contributed by atoms with Crippen molar-refractivity contribution < 1.29 is 18.7 Å². The van der Waals surface area contributed by atoms with Crippen LogP contribution in [0.15, 0.2) is 48.5 Å². The first-order chi connectivity index (χ1) is 12.0. The predicted octanol–water partition coefficient (Wildman–Crippen LogP) is 2.63. The molecule has 0 aliphatic carbocycles. The van der Waals surface area contributed by atoms with Crippen molar-refractivity contribution in [2.45, 2.75) is 6.04 Å². The van der Waals surface area contributed by atoms with E-state index in [-0.39, 0.29) is 18.6 Å². The number of benzene rings is 2. The van der Waals surface area contributed by atoms with Gasteiger partial charge in [-0.2, -0.15) is 0 Å². The largest absolute Gasteiger partial charge is 0.496 e. The van der Waals surface area contributed by atoms with Gasteiger partial charge in [0.25, 0.3) is 5.91 Å². The van der Waals surface area contributed by atoms with Gasteiger partial charge in [-0.25, -0.2) is 4.39 Å². The molecule has 134 valence electrons. The zero-order valence-corrected chi connectivity index (χ0v) is 14.7. The molecule has 5 nitrogen and oxygen atoms in total. The number of nitrogens with one attached hydrogen (secondary N) is 1. The number of ether oxygens (including phenoxy) is 2. The molecule has 0 aromatic heterocycles. The predicted molar refractivity (Wildman–Crippen MR) is 94.3 cm³/mol. The van der Waals surface area contributed by atoms with Crippen LogP contribution in [0.25, 0.3) is 0 Å². The van der Waals surface area contributed by atoms with Crippen LogP contribution in [0.5, 0.6) is 11.5 Å². The van der Waals surface area contributed by atoms with Crippen molar-refractivity contribution in [2.24, 2.45) is 0 Å². The normalized spacial score (nSPS) is 11.9. The molecule has 0 aliphatic rings. The molecule has 1 unspecified atom stereocenters. The summed E-state index contributed by atoms with van der Waals surface area (Å²) in [7, 11) is 5.50. The Morgan fingerprint density at radius 1 is 1.20 bits per heavy atom. The van der Waals surface area contributed by atoms with Gasteiger partial charge >= 0.3 is 0 Å². The lowest BCUT2D eigenvalue weighted by Crippen LogP contribution is -2.37. The Balaban J connectivity index is 1.93. The summed E-state index contributed by atoms with van der Waals surface area (Å²) < 4.78 is 23.8. The van der Waals surface area contributed by atoms with E-state index in [9.17, 15) is 9.18 Å². The maximum absolute atomic E-state index is 13.1. The molecular weight excluding hydrogens is 323 g/mol. The Bertz CT molecular complexity index is 707. The molecule has 0 aliphatic heterocycles. The molecule has 0 heterocycles. The first-order valence-corrected chi connectivity index (χ1v) is 7.95. The second-order valence-corrected chi connectivity index (χ2v) is 5.77. The van der Waals surface area contributed by atoms with Crippen LogP contribution in [0.4, 0.5) is 4.39 Å². The maximum atomic E-state index is 13.1. The van der Waals surface area contributed by atoms with Crippen LogP contribution in [-0.2, 0) is 4.79 Å². The highest BCUT2D eigenvalue weighted by atomic mass is 19.1. The summed E-state index contributed by atoms with van der Waals surface area (Å²) in [6.07, 6.45) is 0. The minimum atomic E-state index is -0.401. The van der Waals surface area contributed by atoms with E-state index in [1.165, 1.54) is 18.2 Å². The van der Waals surface area contributed by atoms with Crippen molar-refractivity contribution in [3.63, 3.8) is 0 Å². The molecule has 1 N–H and O–H groups in total. The number of hydrogen-bond donors (Lipinski definition) is 1. The number of methoxy groups -OCH3 is 1. The van der Waals surface area contributed by atoms with Gasteiger partial charge in [0.05, 0.1) is 13.2 Å². The number of carbonyl (C=O) groups excluding carboxylic acids is 1. The highest BCUT2D eigenvalue weighted by Gasteiger charge is 2.19. The average Bonchev–Trinajstić information content (AvgIpc) is 2.60. The van der Waals surface area contributed by atoms with Gasteiger partial charge in [-0.3, -0.25) is 4.79 Å². The zero-order chi connectivity index (χ0) is 18.2. The number of likely N-dealkylation sites (N-methyl/N-ethyl adjacent to an activating group) is 1. The minimum Gasteiger partial charge on any atom is -0.496 e. The summed E-state index contributed by atoms with van der Waals surface area (Å²) in [5.74, 6) is 0.420. The molecule has 0 saturated heterocycles. The third-order valence-electron chi connectivity index (χ3n) is 3.78. The van der Waals surface area contributed by atoms with E-state index < -0.39 is 5.82 Å². The van der Waals surface area contributed by atoms with Gasteiger partial charge in [-0.15, -0.1) is 0 Å². The summed E-state index contributed by atoms with van der Waals surface area (Å²) in [5.41, 5.74) is 0.987. The molecule has 0 fully saturated rings. The highest BCUT2D eigenvalue weighted by Crippen LogP contribution is 2.27. The minimum absolute atomic E-state index is 0.0470. The average molecular weight is 346 g/mol. The van der Waals surface area contributed by atoms with Crippen LogP contribution in [-0.4, -0.2) is 45.2 Å². The van der Waals surface area contributed by atoms with E-state index in [1.54, 1.807) is 13.2 Å². The highest BCUT2D eigenvalue weighted by molar-refractivity contribution is 5.77. The molecule has 2 rings (SSSR count). The number of rotatable bonds is 8. The van der Waals surface area contributed by atoms with Crippen LogP contribution in [0.1, 0.15) is 11.6 Å². The Morgan fingerprint density at radius 3 is 2.64 bits per heavy atom. The SMILES string of the molecule is COc1ccccc1C(CNC(=O)COc1cccc(F)c1)N(C)C. The Hall–Kier alpha value is -2.60. The van der Waals surface area contributed by atoms with Crippen LogP contribution >= 0.6 is 0 Å². The van der Waals surface area contributed by atoms with E-state index in [0.717, 1.165) is 11.3 Å². The van der Waals surface area contributed by atoms with Gasteiger partial charge in [0, 0.05) is 18.2 Å². The smallest absolute Gasteiger partial charge is 0.258 e. The topological polar surface area (TPSA) is 50.8 Å². The van der Waals surface area contributed by atoms with Crippen molar-refractivity contribution in [1.29, 1.82) is 0 Å². The zero-order valence-electron chi connectivity index (χ0n) is 14.7. The van der Waals surface area contributed by atoms with Crippen LogP contribution in [0.3, 0.4) is 0 Å². The molecule has 0 spiro atoms. The van der Waals surface area contributed by atoms with Crippen LogP contribution in [0, 0.1) is 5.82 Å². The number of nitrogens with zero attached hydrogens (tertiary/aromatic N) is 1. The van der Waals surface area contributed by atoms with Gasteiger partial charge in [-0.05, 0) is 32.3 Å². The van der Waals surface area contributed by atoms with Crippen LogP contribution in [0.2, 0.25) is 0 Å². The molecule has 0 saturated carbocycles. The summed E-state index contributed by atoms with van der Waals surface area (Å²) in [5, 5.41) is 2.84. The van der Waals surface area contributed by atoms with E-state index in [4.69, 9.17) is 9.47 Å². The number of amides is 1. The number of hydrogen-bond acceptors (Lipinski definition) is 4. The van der Waals surface area contributed by atoms with Crippen molar-refractivity contribution in [3.8, 4) is 11.5 Å². The Labute approximate surface area is 147 Å². The van der Waals surface area contributed by atoms with Crippen molar-refractivity contribution in [1.82, 2.24) is 10.2 Å². The van der Waals surface area contributed by atoms with E-state index in [2.05, 4.69) is 5.32 Å². The van der Waals surface area contributed by atoms with E-state index >= 15 is 0 Å². The fourth-order valence-corrected chi connectivity index (χ4v) is 2.48. The second kappa shape index (κ2) is 9.03. The summed E-state index contributed by atoms with van der Waals surface area (Å²) in [6.45, 7) is 0.230. The number of para-hydroxylation sites is 1. The fraction of sp³-hybridized carbons (Fsp3) is 0.316. The first-order valence-electron chi connectivity index (χ1n) is 7.95. The van der Waals surface area contributed by atoms with Gasteiger partial charge in [0.1, 0.15) is 17.3 Å². The van der Waals surface area contributed by atoms with Crippen molar-refractivity contribution >= 4 is 5.91 Å². The quantitative estimate of drug-likeness (QED) is 0.798. The summed E-state index contributed by atoms with van der Waals surface area (Å²) in [6, 6.07) is 13.4. The first kappa shape index (κ1) is 18.7. The third-order valence-corrected chi connectivity index (χ3v) is 3.78. The number of carbonyl (C=O) groups is 1. The lowest BCUT2D eigenvalue weighted by Gasteiger charge is -2.26. The molecule has 0 radical (unpaired) electrons. The van der Waals surface area contributed by atoms with Crippen molar-refractivity contribution in [2.75, 3.05) is 34.4 Å². The number of halogens is 1. The van der Waals surface area contributed by atoms with E-state index in [1.807, 2.05) is 43.3 Å². The molecule has 25 heavy (non-hydrogen) atoms. The Kier molecular flexibility index (Phi) is 6.77. The molecule has 1 atom stereocenters. The van der Waals surface area contributed by atoms with Gasteiger partial charge in [0.2, 0.25) is 0 Å². The fourth-order valence-electron chi connectivity index (χ4n) is 2.48. The maximum Gasteiger partial charge on any atom is 0.258 e. The third kappa shape index (κ3) is 5.46. The summed E-state index contributed by atoms with van der Waals surface area (Å²) in [4.78, 5) is 14.0. The van der Waals surface area contributed by atoms with Gasteiger partial charge in [-0.1, -0.05) is 24.3 Å². The van der Waals surface area contributed by atoms with E-state index in [0.29, 0.717) is 12.3 Å². The van der Waals surface area contributed by atoms with Crippen LogP contribution < -0.4 is 14.8 Å². The standard InChI is InChI=1S/C19H23FN2O3/c1-22(2)17(16-9-4-5-10-18(16)24-3)12-21-19(23)13-25-15-8-6-7-14(20)11-15/h4-11,17H,12-13H2,1-3H3,(H,21,23).